The molecule has 0 aliphatic carbocycles. The van der Waals surface area contributed by atoms with Crippen molar-refractivity contribution in [3.63, 3.8) is 0 Å². The number of aromatic nitrogens is 1. The maximum absolute atomic E-state index is 11.9. The smallest absolute Gasteiger partial charge is 0.231 e. The molecule has 2 aromatic rings. The van der Waals surface area contributed by atoms with Gasteiger partial charge >= 0.3 is 0 Å². The number of benzene rings is 1. The van der Waals surface area contributed by atoms with E-state index >= 15 is 0 Å². The van der Waals surface area contributed by atoms with Gasteiger partial charge in [-0.2, -0.15) is 0 Å². The lowest BCUT2D eigenvalue weighted by Crippen LogP contribution is -2.20. The number of rotatable bonds is 3. The Balaban J connectivity index is 1.71. The van der Waals surface area contributed by atoms with E-state index in [9.17, 15) is 9.59 Å². The van der Waals surface area contributed by atoms with E-state index in [0.717, 1.165) is 16.8 Å². The molecule has 0 fully saturated rings. The number of likely N-dealkylation sites (N-methyl/N-ethyl adjacent to an activating group) is 1. The highest BCUT2D eigenvalue weighted by Crippen LogP contribution is 2.28. The van der Waals surface area contributed by atoms with Crippen molar-refractivity contribution in [3.05, 3.63) is 40.9 Å². The van der Waals surface area contributed by atoms with E-state index in [1.165, 1.54) is 11.3 Å². The molecule has 1 aliphatic heterocycles. The molecule has 1 aromatic carbocycles. The summed E-state index contributed by atoms with van der Waals surface area (Å²) in [5.41, 5.74) is 2.82. The van der Waals surface area contributed by atoms with Crippen molar-refractivity contribution in [2.24, 2.45) is 0 Å². The van der Waals surface area contributed by atoms with Crippen molar-refractivity contribution in [2.45, 2.75) is 12.8 Å². The van der Waals surface area contributed by atoms with Gasteiger partial charge in [0.15, 0.2) is 5.13 Å². The Kier molecular flexibility index (Phi) is 3.23. The molecule has 0 spiro atoms. The van der Waals surface area contributed by atoms with Crippen LogP contribution in [0, 0.1) is 0 Å². The summed E-state index contributed by atoms with van der Waals surface area (Å²) in [5.74, 6) is -0.0121. The van der Waals surface area contributed by atoms with Crippen LogP contribution in [-0.4, -0.2) is 23.8 Å². The second kappa shape index (κ2) is 5.05. The maximum Gasteiger partial charge on any atom is 0.231 e. The molecule has 1 aliphatic rings. The van der Waals surface area contributed by atoms with Gasteiger partial charge in [-0.05, 0) is 17.2 Å². The van der Waals surface area contributed by atoms with Crippen LogP contribution in [0.3, 0.4) is 0 Å². The average Bonchev–Trinajstić information content (AvgIpc) is 2.99. The van der Waals surface area contributed by atoms with Crippen LogP contribution >= 0.6 is 11.3 Å². The minimum absolute atomic E-state index is 0.0874. The molecule has 6 heteroatoms. The fourth-order valence-electron chi connectivity index (χ4n) is 2.27. The highest BCUT2D eigenvalue weighted by molar-refractivity contribution is 7.13. The van der Waals surface area contributed by atoms with Crippen molar-refractivity contribution in [1.29, 1.82) is 0 Å². The van der Waals surface area contributed by atoms with Crippen LogP contribution in [-0.2, 0) is 22.4 Å². The number of carbonyl (C=O) groups excluding carboxylic acids is 2. The summed E-state index contributed by atoms with van der Waals surface area (Å²) < 4.78 is 0. The number of amides is 2. The van der Waals surface area contributed by atoms with Gasteiger partial charge in [0.2, 0.25) is 11.8 Å². The third-order valence-electron chi connectivity index (χ3n) is 3.26. The average molecular weight is 287 g/mol. The van der Waals surface area contributed by atoms with Crippen LogP contribution in [0.15, 0.2) is 29.8 Å². The van der Waals surface area contributed by atoms with Gasteiger partial charge in [-0.3, -0.25) is 9.59 Å². The number of carbonyl (C=O) groups is 2. The number of fused-ring (bicyclic) bond motifs is 1. The molecule has 0 saturated heterocycles. The first-order valence-electron chi connectivity index (χ1n) is 6.21. The molecule has 102 valence electrons. The molecule has 0 unspecified atom stereocenters. The lowest BCUT2D eigenvalue weighted by atomic mass is 10.1. The van der Waals surface area contributed by atoms with Gasteiger partial charge in [-0.25, -0.2) is 4.98 Å². The van der Waals surface area contributed by atoms with E-state index in [0.29, 0.717) is 11.6 Å². The standard InChI is InChI=1S/C14H13N3O2S/c1-17-11-3-2-9(6-10(11)8-13(17)19)7-12(18)16-14-15-4-5-20-14/h2-6H,7-8H2,1H3,(H,15,16,18). The number of nitrogens with zero attached hydrogens (tertiary/aromatic N) is 2. The van der Waals surface area contributed by atoms with Gasteiger partial charge < -0.3 is 10.2 Å². The Morgan fingerprint density at radius 3 is 3.10 bits per heavy atom. The summed E-state index contributed by atoms with van der Waals surface area (Å²) in [5, 5.41) is 5.16. The van der Waals surface area contributed by atoms with Crippen molar-refractivity contribution in [1.82, 2.24) is 4.98 Å². The Morgan fingerprint density at radius 2 is 2.35 bits per heavy atom. The van der Waals surface area contributed by atoms with E-state index < -0.39 is 0 Å². The first-order valence-corrected chi connectivity index (χ1v) is 7.09. The van der Waals surface area contributed by atoms with Crippen LogP contribution in [0.4, 0.5) is 10.8 Å². The lowest BCUT2D eigenvalue weighted by molar-refractivity contribution is -0.117. The Labute approximate surface area is 120 Å². The molecular weight excluding hydrogens is 274 g/mol. The molecule has 20 heavy (non-hydrogen) atoms. The summed E-state index contributed by atoms with van der Waals surface area (Å²) >= 11 is 1.39. The quantitative estimate of drug-likeness (QED) is 0.937. The van der Waals surface area contributed by atoms with Crippen molar-refractivity contribution in [3.8, 4) is 0 Å². The number of anilines is 2. The fourth-order valence-corrected chi connectivity index (χ4v) is 2.81. The Bertz CT molecular complexity index is 667. The van der Waals surface area contributed by atoms with E-state index in [4.69, 9.17) is 0 Å². The summed E-state index contributed by atoms with van der Waals surface area (Å²) in [6.45, 7) is 0. The number of thiazole rings is 1. The van der Waals surface area contributed by atoms with Gasteiger partial charge in [0.05, 0.1) is 12.8 Å². The SMILES string of the molecule is CN1C(=O)Cc2cc(CC(=O)Nc3nccs3)ccc21. The molecule has 0 atom stereocenters. The molecule has 0 bridgehead atoms. The summed E-state index contributed by atoms with van der Waals surface area (Å²) in [7, 11) is 1.77. The molecule has 0 saturated carbocycles. The summed E-state index contributed by atoms with van der Waals surface area (Å²) in [6, 6.07) is 5.71. The van der Waals surface area contributed by atoms with Gasteiger partial charge in [-0.15, -0.1) is 11.3 Å². The molecule has 2 amide bonds. The highest BCUT2D eigenvalue weighted by atomic mass is 32.1. The molecule has 3 rings (SSSR count). The zero-order valence-electron chi connectivity index (χ0n) is 10.9. The Hall–Kier alpha value is -2.21. The van der Waals surface area contributed by atoms with Crippen molar-refractivity contribution < 1.29 is 9.59 Å². The lowest BCUT2D eigenvalue weighted by Gasteiger charge is -2.10. The third-order valence-corrected chi connectivity index (χ3v) is 3.95. The zero-order valence-corrected chi connectivity index (χ0v) is 11.7. The van der Waals surface area contributed by atoms with Gasteiger partial charge in [0, 0.05) is 24.3 Å². The normalized spacial score (nSPS) is 13.4. The highest BCUT2D eigenvalue weighted by Gasteiger charge is 2.24. The van der Waals surface area contributed by atoms with E-state index in [2.05, 4.69) is 10.3 Å². The van der Waals surface area contributed by atoms with Crippen LogP contribution in [0.5, 0.6) is 0 Å². The third kappa shape index (κ3) is 2.42. The Morgan fingerprint density at radius 1 is 1.50 bits per heavy atom. The second-order valence-corrected chi connectivity index (χ2v) is 5.55. The molecule has 5 nitrogen and oxygen atoms in total. The van der Waals surface area contributed by atoms with Crippen molar-refractivity contribution >= 4 is 34.0 Å². The largest absolute Gasteiger partial charge is 0.315 e. The molecule has 2 heterocycles. The van der Waals surface area contributed by atoms with Crippen LogP contribution in [0.25, 0.3) is 0 Å². The van der Waals surface area contributed by atoms with Crippen LogP contribution < -0.4 is 10.2 Å². The molecular formula is C14H13N3O2S. The molecule has 0 radical (unpaired) electrons. The minimum atomic E-state index is -0.0995. The van der Waals surface area contributed by atoms with Crippen LogP contribution in [0.1, 0.15) is 11.1 Å². The maximum atomic E-state index is 11.9. The first kappa shape index (κ1) is 12.8. The van der Waals surface area contributed by atoms with E-state index in [1.807, 2.05) is 23.6 Å². The summed E-state index contributed by atoms with van der Waals surface area (Å²) in [6.07, 6.45) is 2.34. The van der Waals surface area contributed by atoms with Gasteiger partial charge in [0.25, 0.3) is 0 Å². The zero-order chi connectivity index (χ0) is 14.1. The number of nitrogens with one attached hydrogen (secondary N) is 1. The molecule has 1 aromatic heterocycles. The molecule has 1 N–H and O–H groups in total. The van der Waals surface area contributed by atoms with Crippen LogP contribution in [0.2, 0.25) is 0 Å². The number of hydrogen-bond donors (Lipinski definition) is 1. The minimum Gasteiger partial charge on any atom is -0.315 e. The second-order valence-electron chi connectivity index (χ2n) is 4.65. The first-order chi connectivity index (χ1) is 9.63. The topological polar surface area (TPSA) is 62.3 Å². The van der Waals surface area contributed by atoms with E-state index in [1.54, 1.807) is 18.1 Å². The van der Waals surface area contributed by atoms with Gasteiger partial charge in [0.1, 0.15) is 0 Å². The van der Waals surface area contributed by atoms with Gasteiger partial charge in [-0.1, -0.05) is 12.1 Å². The summed E-state index contributed by atoms with van der Waals surface area (Å²) in [4.78, 5) is 29.2. The predicted octanol–water partition coefficient (Wildman–Crippen LogP) is 1.84. The van der Waals surface area contributed by atoms with E-state index in [-0.39, 0.29) is 18.2 Å². The fraction of sp³-hybridized carbons (Fsp3) is 0.214. The predicted molar refractivity (Wildman–Crippen MR) is 78.0 cm³/mol. The number of hydrogen-bond acceptors (Lipinski definition) is 4. The monoisotopic (exact) mass is 287 g/mol. The van der Waals surface area contributed by atoms with Crippen molar-refractivity contribution in [2.75, 3.05) is 17.3 Å².